The van der Waals surface area contributed by atoms with Crippen molar-refractivity contribution in [3.05, 3.63) is 11.4 Å². The summed E-state index contributed by atoms with van der Waals surface area (Å²) in [5.41, 5.74) is 1.48. The lowest BCUT2D eigenvalue weighted by molar-refractivity contribution is 0.592. The van der Waals surface area contributed by atoms with E-state index in [2.05, 4.69) is 4.98 Å². The molecule has 1 heterocycles. The highest BCUT2D eigenvalue weighted by Gasteiger charge is 2.18. The lowest BCUT2D eigenvalue weighted by Crippen LogP contribution is -2.02. The van der Waals surface area contributed by atoms with Crippen molar-refractivity contribution in [2.24, 2.45) is 7.05 Å². The van der Waals surface area contributed by atoms with Crippen LogP contribution in [0.15, 0.2) is 5.16 Å². The van der Waals surface area contributed by atoms with Crippen LogP contribution in [0.1, 0.15) is 11.4 Å². The van der Waals surface area contributed by atoms with Gasteiger partial charge in [0.05, 0.1) is 5.69 Å². The van der Waals surface area contributed by atoms with E-state index in [0.29, 0.717) is 5.69 Å². The molecule has 6 heteroatoms. The van der Waals surface area contributed by atoms with E-state index in [-0.39, 0.29) is 5.16 Å². The van der Waals surface area contributed by atoms with E-state index < -0.39 is 9.05 Å². The summed E-state index contributed by atoms with van der Waals surface area (Å²) in [6, 6.07) is 0. The average Bonchev–Trinajstić information content (AvgIpc) is 2.15. The molecule has 0 spiro atoms. The van der Waals surface area contributed by atoms with Gasteiger partial charge < -0.3 is 4.57 Å². The van der Waals surface area contributed by atoms with E-state index in [1.165, 1.54) is 4.57 Å². The van der Waals surface area contributed by atoms with Gasteiger partial charge in [-0.05, 0) is 13.8 Å². The molecule has 4 nitrogen and oxygen atoms in total. The standard InChI is InChI=1S/C6H9ClN2O2S/c1-4-5(2)9(3)6(8-4)12(7,10)11/h1-3H3. The van der Waals surface area contributed by atoms with Crippen LogP contribution < -0.4 is 0 Å². The fraction of sp³-hybridized carbons (Fsp3) is 0.500. The second kappa shape index (κ2) is 2.74. The van der Waals surface area contributed by atoms with Crippen molar-refractivity contribution >= 4 is 19.7 Å². The van der Waals surface area contributed by atoms with Gasteiger partial charge in [-0.3, -0.25) is 0 Å². The quantitative estimate of drug-likeness (QED) is 0.647. The summed E-state index contributed by atoms with van der Waals surface area (Å²) in [6.07, 6.45) is 0. The van der Waals surface area contributed by atoms with Gasteiger partial charge in [0.25, 0.3) is 9.05 Å². The first-order valence-electron chi connectivity index (χ1n) is 3.28. The first kappa shape index (κ1) is 9.54. The number of rotatable bonds is 1. The number of aromatic nitrogens is 2. The number of hydrogen-bond acceptors (Lipinski definition) is 3. The molecule has 0 aromatic carbocycles. The van der Waals surface area contributed by atoms with Gasteiger partial charge in [-0.15, -0.1) is 0 Å². The Morgan fingerprint density at radius 1 is 1.42 bits per heavy atom. The molecule has 0 fully saturated rings. The topological polar surface area (TPSA) is 52.0 Å². The Balaban J connectivity index is 3.48. The highest BCUT2D eigenvalue weighted by Crippen LogP contribution is 2.16. The first-order valence-corrected chi connectivity index (χ1v) is 5.59. The summed E-state index contributed by atoms with van der Waals surface area (Å²) in [5.74, 6) is 0. The molecule has 0 aliphatic heterocycles. The molecule has 0 amide bonds. The van der Waals surface area contributed by atoms with E-state index in [1.807, 2.05) is 0 Å². The lowest BCUT2D eigenvalue weighted by atomic mass is 10.4. The molecule has 68 valence electrons. The van der Waals surface area contributed by atoms with Crippen LogP contribution >= 0.6 is 10.7 Å². The van der Waals surface area contributed by atoms with Gasteiger partial charge >= 0.3 is 0 Å². The van der Waals surface area contributed by atoms with E-state index in [9.17, 15) is 8.42 Å². The fourth-order valence-electron chi connectivity index (χ4n) is 0.904. The van der Waals surface area contributed by atoms with Crippen molar-refractivity contribution in [2.45, 2.75) is 19.0 Å². The Labute approximate surface area is 75.6 Å². The third kappa shape index (κ3) is 1.47. The van der Waals surface area contributed by atoms with Crippen LogP contribution in [-0.4, -0.2) is 18.0 Å². The molecular weight excluding hydrogens is 200 g/mol. The minimum absolute atomic E-state index is 0.0980. The summed E-state index contributed by atoms with van der Waals surface area (Å²) in [4.78, 5) is 3.82. The number of halogens is 1. The van der Waals surface area contributed by atoms with Crippen molar-refractivity contribution in [1.82, 2.24) is 9.55 Å². The molecule has 0 atom stereocenters. The zero-order valence-corrected chi connectivity index (χ0v) is 8.57. The summed E-state index contributed by atoms with van der Waals surface area (Å²) < 4.78 is 23.3. The van der Waals surface area contributed by atoms with Crippen LogP contribution in [0.3, 0.4) is 0 Å². The second-order valence-electron chi connectivity index (χ2n) is 2.56. The van der Waals surface area contributed by atoms with Crippen molar-refractivity contribution < 1.29 is 8.42 Å². The van der Waals surface area contributed by atoms with Gasteiger partial charge in [-0.25, -0.2) is 13.4 Å². The Hall–Kier alpha value is -0.550. The van der Waals surface area contributed by atoms with Crippen molar-refractivity contribution in [3.8, 4) is 0 Å². The molecular formula is C6H9ClN2O2S. The SMILES string of the molecule is Cc1nc(S(=O)(=O)Cl)n(C)c1C. The third-order valence-corrected chi connectivity index (χ3v) is 3.01. The number of aryl methyl sites for hydroxylation is 1. The van der Waals surface area contributed by atoms with Crippen LogP contribution in [0, 0.1) is 13.8 Å². The fourth-order valence-corrected chi connectivity index (χ4v) is 2.03. The molecule has 0 saturated carbocycles. The maximum atomic E-state index is 10.9. The van der Waals surface area contributed by atoms with Crippen LogP contribution in [0.4, 0.5) is 0 Å². The normalized spacial score (nSPS) is 12.0. The molecule has 1 rings (SSSR count). The van der Waals surface area contributed by atoms with Gasteiger partial charge in [0.15, 0.2) is 0 Å². The van der Waals surface area contributed by atoms with E-state index >= 15 is 0 Å². The van der Waals surface area contributed by atoms with Crippen LogP contribution in [0.5, 0.6) is 0 Å². The van der Waals surface area contributed by atoms with Crippen molar-refractivity contribution in [3.63, 3.8) is 0 Å². The lowest BCUT2D eigenvalue weighted by Gasteiger charge is -1.97. The van der Waals surface area contributed by atoms with E-state index in [0.717, 1.165) is 5.69 Å². The first-order chi connectivity index (χ1) is 5.34. The molecule has 0 aliphatic carbocycles. The molecule has 0 unspecified atom stereocenters. The Bertz CT molecular complexity index is 407. The zero-order valence-electron chi connectivity index (χ0n) is 7.00. The average molecular weight is 209 g/mol. The number of nitrogens with zero attached hydrogens (tertiary/aromatic N) is 2. The van der Waals surface area contributed by atoms with Crippen LogP contribution in [0.25, 0.3) is 0 Å². The summed E-state index contributed by atoms with van der Waals surface area (Å²) in [6.45, 7) is 3.52. The molecule has 0 bridgehead atoms. The second-order valence-corrected chi connectivity index (χ2v) is 5.02. The largest absolute Gasteiger partial charge is 0.321 e. The maximum absolute atomic E-state index is 10.9. The number of hydrogen-bond donors (Lipinski definition) is 0. The van der Waals surface area contributed by atoms with Crippen molar-refractivity contribution in [2.75, 3.05) is 0 Å². The van der Waals surface area contributed by atoms with Crippen LogP contribution in [0.2, 0.25) is 0 Å². The molecule has 1 aromatic heterocycles. The molecule has 12 heavy (non-hydrogen) atoms. The van der Waals surface area contributed by atoms with E-state index in [1.54, 1.807) is 20.9 Å². The smallest absolute Gasteiger partial charge is 0.295 e. The van der Waals surface area contributed by atoms with Crippen LogP contribution in [-0.2, 0) is 16.1 Å². The number of imidazole rings is 1. The molecule has 0 radical (unpaired) electrons. The summed E-state index contributed by atoms with van der Waals surface area (Å²) >= 11 is 0. The Morgan fingerprint density at radius 3 is 2.08 bits per heavy atom. The molecule has 1 aromatic rings. The Kier molecular flexibility index (Phi) is 2.18. The maximum Gasteiger partial charge on any atom is 0.295 e. The predicted molar refractivity (Wildman–Crippen MR) is 45.7 cm³/mol. The highest BCUT2D eigenvalue weighted by atomic mass is 35.7. The zero-order chi connectivity index (χ0) is 9.52. The summed E-state index contributed by atoms with van der Waals surface area (Å²) in [5, 5.41) is -0.0980. The minimum Gasteiger partial charge on any atom is -0.321 e. The Morgan fingerprint density at radius 2 is 1.92 bits per heavy atom. The monoisotopic (exact) mass is 208 g/mol. The van der Waals surface area contributed by atoms with Crippen molar-refractivity contribution in [1.29, 1.82) is 0 Å². The molecule has 0 saturated heterocycles. The third-order valence-electron chi connectivity index (χ3n) is 1.80. The van der Waals surface area contributed by atoms with Gasteiger partial charge in [-0.1, -0.05) is 0 Å². The highest BCUT2D eigenvalue weighted by molar-refractivity contribution is 8.13. The van der Waals surface area contributed by atoms with Gasteiger partial charge in [0.1, 0.15) is 0 Å². The predicted octanol–water partition coefficient (Wildman–Crippen LogP) is 0.964. The van der Waals surface area contributed by atoms with Gasteiger partial charge in [-0.2, -0.15) is 0 Å². The minimum atomic E-state index is -3.71. The van der Waals surface area contributed by atoms with E-state index in [4.69, 9.17) is 10.7 Å². The van der Waals surface area contributed by atoms with Gasteiger partial charge in [0, 0.05) is 23.4 Å². The van der Waals surface area contributed by atoms with Gasteiger partial charge in [0.2, 0.25) is 5.16 Å². The molecule has 0 aliphatic rings. The summed E-state index contributed by atoms with van der Waals surface area (Å²) in [7, 11) is 3.04. The molecule has 0 N–H and O–H groups in total.